The van der Waals surface area contributed by atoms with Gasteiger partial charge in [-0.2, -0.15) is 0 Å². The van der Waals surface area contributed by atoms with Crippen LogP contribution in [0.15, 0.2) is 47.0 Å². The third-order valence-electron chi connectivity index (χ3n) is 3.86. The van der Waals surface area contributed by atoms with E-state index < -0.39 is 5.82 Å². The summed E-state index contributed by atoms with van der Waals surface area (Å²) < 4.78 is 24.0. The van der Waals surface area contributed by atoms with E-state index >= 15 is 0 Å². The molecule has 0 bridgehead atoms. The second-order valence-corrected chi connectivity index (χ2v) is 6.14. The number of aryl methyl sites for hydroxylation is 3. The van der Waals surface area contributed by atoms with Crippen LogP contribution in [0.1, 0.15) is 32.9 Å². The first-order valence-corrected chi connectivity index (χ1v) is 8.15. The molecule has 0 unspecified atom stereocenters. The van der Waals surface area contributed by atoms with Gasteiger partial charge in [0.1, 0.15) is 23.9 Å². The van der Waals surface area contributed by atoms with Gasteiger partial charge in [0.15, 0.2) is 5.69 Å². The summed E-state index contributed by atoms with van der Waals surface area (Å²) >= 11 is 0. The van der Waals surface area contributed by atoms with Crippen molar-refractivity contribution in [2.45, 2.75) is 27.4 Å². The number of benzene rings is 2. The van der Waals surface area contributed by atoms with Crippen LogP contribution >= 0.6 is 0 Å². The molecule has 0 atom stereocenters. The molecule has 2 aromatic carbocycles. The van der Waals surface area contributed by atoms with Gasteiger partial charge < -0.3 is 14.6 Å². The Labute approximate surface area is 150 Å². The van der Waals surface area contributed by atoms with Gasteiger partial charge in [0.25, 0.3) is 5.91 Å². The summed E-state index contributed by atoms with van der Waals surface area (Å²) in [6.07, 6.45) is 0. The van der Waals surface area contributed by atoms with E-state index in [1.165, 1.54) is 12.1 Å². The van der Waals surface area contributed by atoms with Crippen LogP contribution in [0.5, 0.6) is 5.75 Å². The van der Waals surface area contributed by atoms with Crippen molar-refractivity contribution in [1.82, 2.24) is 5.16 Å². The highest BCUT2D eigenvalue weighted by atomic mass is 19.1. The first-order chi connectivity index (χ1) is 12.4. The van der Waals surface area contributed by atoms with Gasteiger partial charge in [-0.05, 0) is 56.2 Å². The number of hydrogen-bond acceptors (Lipinski definition) is 4. The van der Waals surface area contributed by atoms with Crippen molar-refractivity contribution < 1.29 is 18.4 Å². The Bertz CT molecular complexity index is 930. The number of hydrogen-bond donors (Lipinski definition) is 1. The van der Waals surface area contributed by atoms with Crippen molar-refractivity contribution in [2.75, 3.05) is 5.32 Å². The van der Waals surface area contributed by atoms with Gasteiger partial charge in [-0.1, -0.05) is 17.3 Å². The second-order valence-electron chi connectivity index (χ2n) is 6.14. The van der Waals surface area contributed by atoms with Gasteiger partial charge in [-0.3, -0.25) is 4.79 Å². The first kappa shape index (κ1) is 17.7. The standard InChI is InChI=1S/C20H19FN2O3/c1-12-7-13(2)9-16(8-12)22-20(24)19-18(14(3)26-23-19)11-25-17-6-4-5-15(21)10-17/h4-10H,11H2,1-3H3,(H,22,24). The van der Waals surface area contributed by atoms with E-state index in [1.54, 1.807) is 19.1 Å². The Morgan fingerprint density at radius 3 is 2.58 bits per heavy atom. The van der Waals surface area contributed by atoms with Crippen molar-refractivity contribution in [3.8, 4) is 5.75 Å². The number of nitrogens with one attached hydrogen (secondary N) is 1. The summed E-state index contributed by atoms with van der Waals surface area (Å²) in [5.41, 5.74) is 3.46. The normalized spacial score (nSPS) is 10.6. The van der Waals surface area contributed by atoms with Crippen molar-refractivity contribution in [3.63, 3.8) is 0 Å². The molecule has 0 saturated carbocycles. The average molecular weight is 354 g/mol. The molecule has 0 aliphatic rings. The lowest BCUT2D eigenvalue weighted by Crippen LogP contribution is -2.15. The summed E-state index contributed by atoms with van der Waals surface area (Å²) in [6, 6.07) is 11.6. The number of amides is 1. The van der Waals surface area contributed by atoms with Gasteiger partial charge in [0.2, 0.25) is 0 Å². The molecule has 1 N–H and O–H groups in total. The van der Waals surface area contributed by atoms with Crippen molar-refractivity contribution >= 4 is 11.6 Å². The number of anilines is 1. The number of rotatable bonds is 5. The molecule has 0 spiro atoms. The summed E-state index contributed by atoms with van der Waals surface area (Å²) in [6.45, 7) is 5.67. The molecule has 134 valence electrons. The van der Waals surface area contributed by atoms with Gasteiger partial charge in [-0.15, -0.1) is 0 Å². The van der Waals surface area contributed by atoms with Gasteiger partial charge in [0.05, 0.1) is 5.56 Å². The predicted molar refractivity (Wildman–Crippen MR) is 95.8 cm³/mol. The summed E-state index contributed by atoms with van der Waals surface area (Å²) in [4.78, 5) is 12.6. The number of carbonyl (C=O) groups is 1. The SMILES string of the molecule is Cc1cc(C)cc(NC(=O)c2noc(C)c2COc2cccc(F)c2)c1. The van der Waals surface area contributed by atoms with Crippen LogP contribution in [-0.4, -0.2) is 11.1 Å². The summed E-state index contributed by atoms with van der Waals surface area (Å²) in [5.74, 6) is 0.0697. The lowest BCUT2D eigenvalue weighted by molar-refractivity contribution is 0.101. The lowest BCUT2D eigenvalue weighted by Gasteiger charge is -2.08. The maximum absolute atomic E-state index is 13.3. The van der Waals surface area contributed by atoms with Crippen LogP contribution in [0.25, 0.3) is 0 Å². The fraction of sp³-hybridized carbons (Fsp3) is 0.200. The molecular formula is C20H19FN2O3. The largest absolute Gasteiger partial charge is 0.489 e. The zero-order valence-corrected chi connectivity index (χ0v) is 14.8. The molecular weight excluding hydrogens is 335 g/mol. The maximum atomic E-state index is 13.3. The maximum Gasteiger partial charge on any atom is 0.278 e. The number of halogens is 1. The minimum absolute atomic E-state index is 0.0500. The highest BCUT2D eigenvalue weighted by molar-refractivity contribution is 6.04. The zero-order chi connectivity index (χ0) is 18.7. The molecule has 3 aromatic rings. The molecule has 0 radical (unpaired) electrons. The molecule has 0 saturated heterocycles. The third-order valence-corrected chi connectivity index (χ3v) is 3.86. The van der Waals surface area contributed by atoms with E-state index in [0.29, 0.717) is 22.8 Å². The molecule has 6 heteroatoms. The first-order valence-electron chi connectivity index (χ1n) is 8.15. The smallest absolute Gasteiger partial charge is 0.278 e. The van der Waals surface area contributed by atoms with Gasteiger partial charge >= 0.3 is 0 Å². The summed E-state index contributed by atoms with van der Waals surface area (Å²) in [5, 5.41) is 6.67. The van der Waals surface area contributed by atoms with E-state index in [4.69, 9.17) is 9.26 Å². The Balaban J connectivity index is 1.77. The van der Waals surface area contributed by atoms with Crippen LogP contribution in [0.2, 0.25) is 0 Å². The van der Waals surface area contributed by atoms with Crippen LogP contribution in [-0.2, 0) is 6.61 Å². The fourth-order valence-electron chi connectivity index (χ4n) is 2.69. The molecule has 1 aromatic heterocycles. The minimum Gasteiger partial charge on any atom is -0.489 e. The minimum atomic E-state index is -0.391. The van der Waals surface area contributed by atoms with E-state index in [2.05, 4.69) is 10.5 Å². The topological polar surface area (TPSA) is 64.4 Å². The highest BCUT2D eigenvalue weighted by Crippen LogP contribution is 2.20. The Kier molecular flexibility index (Phi) is 5.02. The molecule has 0 aliphatic heterocycles. The van der Waals surface area contributed by atoms with Gasteiger partial charge in [-0.25, -0.2) is 4.39 Å². The van der Waals surface area contributed by atoms with Crippen LogP contribution in [0, 0.1) is 26.6 Å². The lowest BCUT2D eigenvalue weighted by atomic mass is 10.1. The second kappa shape index (κ2) is 7.39. The quantitative estimate of drug-likeness (QED) is 0.729. The molecule has 5 nitrogen and oxygen atoms in total. The third kappa shape index (κ3) is 4.08. The Hall–Kier alpha value is -3.15. The molecule has 26 heavy (non-hydrogen) atoms. The van der Waals surface area contributed by atoms with Crippen molar-refractivity contribution in [1.29, 1.82) is 0 Å². The van der Waals surface area contributed by atoms with Crippen LogP contribution in [0.4, 0.5) is 10.1 Å². The summed E-state index contributed by atoms with van der Waals surface area (Å²) in [7, 11) is 0. The number of ether oxygens (including phenoxy) is 1. The highest BCUT2D eigenvalue weighted by Gasteiger charge is 2.20. The Morgan fingerprint density at radius 2 is 1.88 bits per heavy atom. The van der Waals surface area contributed by atoms with E-state index in [9.17, 15) is 9.18 Å². The monoisotopic (exact) mass is 354 g/mol. The van der Waals surface area contributed by atoms with Crippen molar-refractivity contribution in [2.24, 2.45) is 0 Å². The Morgan fingerprint density at radius 1 is 1.15 bits per heavy atom. The number of carbonyl (C=O) groups excluding carboxylic acids is 1. The van der Waals surface area contributed by atoms with Crippen molar-refractivity contribution in [3.05, 3.63) is 76.4 Å². The molecule has 0 aliphatic carbocycles. The van der Waals surface area contributed by atoms with Gasteiger partial charge in [0, 0.05) is 11.8 Å². The van der Waals surface area contributed by atoms with Crippen LogP contribution < -0.4 is 10.1 Å². The number of aromatic nitrogens is 1. The van der Waals surface area contributed by atoms with E-state index in [-0.39, 0.29) is 18.2 Å². The predicted octanol–water partition coefficient (Wildman–Crippen LogP) is 4.57. The number of nitrogens with zero attached hydrogens (tertiary/aromatic N) is 1. The van der Waals surface area contributed by atoms with Crippen LogP contribution in [0.3, 0.4) is 0 Å². The molecule has 1 amide bonds. The average Bonchev–Trinajstić information content (AvgIpc) is 2.93. The molecule has 3 rings (SSSR count). The molecule has 0 fully saturated rings. The van der Waals surface area contributed by atoms with E-state index in [0.717, 1.165) is 11.1 Å². The molecule has 1 heterocycles. The zero-order valence-electron chi connectivity index (χ0n) is 14.8. The van der Waals surface area contributed by atoms with E-state index in [1.807, 2.05) is 32.0 Å². The fourth-order valence-corrected chi connectivity index (χ4v) is 2.69.